The van der Waals surface area contributed by atoms with E-state index < -0.39 is 0 Å². The van der Waals surface area contributed by atoms with E-state index >= 15 is 0 Å². The van der Waals surface area contributed by atoms with Crippen LogP contribution in [0, 0.1) is 0 Å². The molecule has 1 saturated heterocycles. The summed E-state index contributed by atoms with van der Waals surface area (Å²) in [6, 6.07) is 2.38. The fourth-order valence-corrected chi connectivity index (χ4v) is 4.34. The highest BCUT2D eigenvalue weighted by Crippen LogP contribution is 2.32. The number of likely N-dealkylation sites (tertiary alicyclic amines) is 1. The third-order valence-electron chi connectivity index (χ3n) is 4.79. The fraction of sp³-hybridized carbons (Fsp3) is 0.625. The predicted molar refractivity (Wildman–Crippen MR) is 88.7 cm³/mol. The van der Waals surface area contributed by atoms with Gasteiger partial charge in [0.25, 0.3) is 0 Å². The highest BCUT2D eigenvalue weighted by atomic mass is 32.1. The van der Waals surface area contributed by atoms with E-state index in [4.69, 9.17) is 4.74 Å². The second-order valence-corrected chi connectivity index (χ2v) is 7.10. The maximum absolute atomic E-state index is 12.6. The third-order valence-corrected chi connectivity index (χ3v) is 5.79. The minimum atomic E-state index is -0.288. The number of nitrogens with zero attached hydrogens (tertiary/aromatic N) is 2. The van der Waals surface area contributed by atoms with Gasteiger partial charge in [0.05, 0.1) is 13.2 Å². The molecule has 6 nitrogen and oxygen atoms in total. The smallest absolute Gasteiger partial charge is 0.409 e. The van der Waals surface area contributed by atoms with Crippen LogP contribution < -0.4 is 5.32 Å². The lowest BCUT2D eigenvalue weighted by Crippen LogP contribution is -2.51. The molecule has 2 aliphatic rings. The van der Waals surface area contributed by atoms with Gasteiger partial charge in [0, 0.05) is 30.6 Å². The molecule has 7 heteroatoms. The maximum atomic E-state index is 12.6. The van der Waals surface area contributed by atoms with Gasteiger partial charge in [-0.3, -0.25) is 0 Å². The van der Waals surface area contributed by atoms with E-state index in [0.717, 1.165) is 25.8 Å². The Balaban J connectivity index is 1.54. The Morgan fingerprint density at radius 3 is 2.74 bits per heavy atom. The van der Waals surface area contributed by atoms with E-state index in [2.05, 4.69) is 23.7 Å². The van der Waals surface area contributed by atoms with Crippen molar-refractivity contribution < 1.29 is 14.3 Å². The van der Waals surface area contributed by atoms with Gasteiger partial charge < -0.3 is 19.9 Å². The molecular weight excluding hydrogens is 314 g/mol. The Hall–Kier alpha value is -1.76. The first-order valence-electron chi connectivity index (χ1n) is 8.06. The molecule has 3 heterocycles. The zero-order valence-corrected chi connectivity index (χ0v) is 14.4. The number of rotatable bonds is 1. The number of methoxy groups -OCH3 is 1. The summed E-state index contributed by atoms with van der Waals surface area (Å²) < 4.78 is 4.73. The Morgan fingerprint density at radius 2 is 2.04 bits per heavy atom. The van der Waals surface area contributed by atoms with Crippen LogP contribution in [0.5, 0.6) is 0 Å². The topological polar surface area (TPSA) is 61.9 Å². The van der Waals surface area contributed by atoms with Gasteiger partial charge in [-0.2, -0.15) is 0 Å². The standard InChI is InChI=1S/C16H23N3O3S/c1-11-13-6-10-23-14(13)5-9-19(11)15(20)17-12-3-7-18(8-4-12)16(21)22-2/h6,10-12H,3-5,7-9H2,1-2H3,(H,17,20)/t11-/m1/s1. The van der Waals surface area contributed by atoms with Crippen LogP contribution in [0.3, 0.4) is 0 Å². The summed E-state index contributed by atoms with van der Waals surface area (Å²) in [6.45, 7) is 4.11. The molecule has 126 valence electrons. The number of hydrogen-bond donors (Lipinski definition) is 1. The molecular formula is C16H23N3O3S. The van der Waals surface area contributed by atoms with Gasteiger partial charge in [-0.05, 0) is 43.2 Å². The lowest BCUT2D eigenvalue weighted by atomic mass is 10.0. The molecule has 1 N–H and O–H groups in total. The molecule has 2 aliphatic heterocycles. The van der Waals surface area contributed by atoms with Crippen molar-refractivity contribution in [1.29, 1.82) is 0 Å². The van der Waals surface area contributed by atoms with Crippen LogP contribution in [0.2, 0.25) is 0 Å². The van der Waals surface area contributed by atoms with Gasteiger partial charge in [0.1, 0.15) is 0 Å². The molecule has 0 radical (unpaired) electrons. The molecule has 1 fully saturated rings. The fourth-order valence-electron chi connectivity index (χ4n) is 3.38. The SMILES string of the molecule is COC(=O)N1CCC(NC(=O)N2CCc3sccc3[C@H]2C)CC1. The highest BCUT2D eigenvalue weighted by Gasteiger charge is 2.30. The number of thiophene rings is 1. The molecule has 0 aliphatic carbocycles. The van der Waals surface area contributed by atoms with Crippen molar-refractivity contribution in [3.05, 3.63) is 21.9 Å². The number of amides is 3. The molecule has 0 saturated carbocycles. The first-order valence-corrected chi connectivity index (χ1v) is 8.94. The number of fused-ring (bicyclic) bond motifs is 1. The van der Waals surface area contributed by atoms with Crippen LogP contribution >= 0.6 is 11.3 Å². The monoisotopic (exact) mass is 337 g/mol. The predicted octanol–water partition coefficient (Wildman–Crippen LogP) is 2.61. The van der Waals surface area contributed by atoms with E-state index in [1.54, 1.807) is 16.2 Å². The van der Waals surface area contributed by atoms with Crippen LogP contribution in [0.15, 0.2) is 11.4 Å². The van der Waals surface area contributed by atoms with Gasteiger partial charge in [0.2, 0.25) is 0 Å². The second-order valence-electron chi connectivity index (χ2n) is 6.10. The summed E-state index contributed by atoms with van der Waals surface area (Å²) in [5.41, 5.74) is 1.27. The van der Waals surface area contributed by atoms with Crippen molar-refractivity contribution in [3.63, 3.8) is 0 Å². The lowest BCUT2D eigenvalue weighted by Gasteiger charge is -2.36. The van der Waals surface area contributed by atoms with E-state index in [9.17, 15) is 9.59 Å². The van der Waals surface area contributed by atoms with E-state index in [0.29, 0.717) is 13.1 Å². The lowest BCUT2D eigenvalue weighted by molar-refractivity contribution is 0.109. The van der Waals surface area contributed by atoms with Gasteiger partial charge in [-0.15, -0.1) is 11.3 Å². The second kappa shape index (κ2) is 6.78. The summed E-state index contributed by atoms with van der Waals surface area (Å²) in [5.74, 6) is 0. The van der Waals surface area contributed by atoms with E-state index in [1.807, 2.05) is 4.90 Å². The van der Waals surface area contributed by atoms with Crippen LogP contribution in [0.1, 0.15) is 36.2 Å². The Labute approximate surface area is 140 Å². The largest absolute Gasteiger partial charge is 0.453 e. The quantitative estimate of drug-likeness (QED) is 0.857. The first-order chi connectivity index (χ1) is 11.1. The minimum Gasteiger partial charge on any atom is -0.453 e. The van der Waals surface area contributed by atoms with Gasteiger partial charge in [-0.25, -0.2) is 9.59 Å². The highest BCUT2D eigenvalue weighted by molar-refractivity contribution is 7.10. The van der Waals surface area contributed by atoms with Gasteiger partial charge >= 0.3 is 12.1 Å². The maximum Gasteiger partial charge on any atom is 0.409 e. The van der Waals surface area contributed by atoms with E-state index in [-0.39, 0.29) is 24.2 Å². The van der Waals surface area contributed by atoms with Crippen LogP contribution in [0.25, 0.3) is 0 Å². The number of nitrogens with one attached hydrogen (secondary N) is 1. The summed E-state index contributed by atoms with van der Waals surface area (Å²) in [5, 5.41) is 5.23. The van der Waals surface area contributed by atoms with Gasteiger partial charge in [-0.1, -0.05) is 0 Å². The Kier molecular flexibility index (Phi) is 4.75. The number of hydrogen-bond acceptors (Lipinski definition) is 4. The molecule has 0 aromatic carbocycles. The molecule has 3 rings (SSSR count). The van der Waals surface area contributed by atoms with Crippen molar-refractivity contribution in [2.24, 2.45) is 0 Å². The number of piperidine rings is 1. The van der Waals surface area contributed by atoms with Crippen molar-refractivity contribution >= 4 is 23.5 Å². The molecule has 0 unspecified atom stereocenters. The van der Waals surface area contributed by atoms with E-state index in [1.165, 1.54) is 17.6 Å². The summed E-state index contributed by atoms with van der Waals surface area (Å²) in [4.78, 5) is 29.1. The molecule has 3 amide bonds. The van der Waals surface area contributed by atoms with Crippen LogP contribution in [0.4, 0.5) is 9.59 Å². The van der Waals surface area contributed by atoms with Crippen molar-refractivity contribution in [1.82, 2.24) is 15.1 Å². The molecule has 1 atom stereocenters. The molecule has 1 aromatic rings. The van der Waals surface area contributed by atoms with Crippen molar-refractivity contribution in [2.75, 3.05) is 26.7 Å². The Bertz CT molecular complexity index is 581. The van der Waals surface area contributed by atoms with Gasteiger partial charge in [0.15, 0.2) is 0 Å². The number of carbonyl (C=O) groups excluding carboxylic acids is 2. The zero-order chi connectivity index (χ0) is 16.4. The first kappa shape index (κ1) is 16.1. The van der Waals surface area contributed by atoms with Crippen LogP contribution in [-0.4, -0.2) is 54.7 Å². The molecule has 0 bridgehead atoms. The molecule has 1 aromatic heterocycles. The van der Waals surface area contributed by atoms with Crippen molar-refractivity contribution in [3.8, 4) is 0 Å². The average molecular weight is 337 g/mol. The average Bonchev–Trinajstić information content (AvgIpc) is 3.04. The molecule has 0 spiro atoms. The molecule has 23 heavy (non-hydrogen) atoms. The third kappa shape index (κ3) is 3.29. The van der Waals surface area contributed by atoms with Crippen molar-refractivity contribution in [2.45, 2.75) is 38.3 Å². The minimum absolute atomic E-state index is 0.00543. The summed E-state index contributed by atoms with van der Waals surface area (Å²) >= 11 is 1.78. The van der Waals surface area contributed by atoms with Crippen LogP contribution in [-0.2, 0) is 11.2 Å². The zero-order valence-electron chi connectivity index (χ0n) is 13.6. The summed E-state index contributed by atoms with van der Waals surface area (Å²) in [6.07, 6.45) is 2.19. The normalized spacial score (nSPS) is 21.7. The number of ether oxygens (including phenoxy) is 1. The number of urea groups is 1. The Morgan fingerprint density at radius 1 is 1.30 bits per heavy atom. The number of carbonyl (C=O) groups is 2. The summed E-state index contributed by atoms with van der Waals surface area (Å²) in [7, 11) is 1.40.